The smallest absolute Gasteiger partial charge is 0.321 e. The number of benzene rings is 2. The molecule has 32 heavy (non-hydrogen) atoms. The summed E-state index contributed by atoms with van der Waals surface area (Å²) in [7, 11) is 0. The predicted molar refractivity (Wildman–Crippen MR) is 130 cm³/mol. The lowest BCUT2D eigenvalue weighted by Gasteiger charge is -2.44. The molecule has 3 aromatic rings. The third-order valence-corrected chi connectivity index (χ3v) is 6.04. The average Bonchev–Trinajstić information content (AvgIpc) is 2.79. The van der Waals surface area contributed by atoms with Crippen molar-refractivity contribution < 1.29 is 9.18 Å². The van der Waals surface area contributed by atoms with E-state index < -0.39 is 0 Å². The predicted octanol–water partition coefficient (Wildman–Crippen LogP) is 4.95. The maximum Gasteiger partial charge on any atom is 0.321 e. The van der Waals surface area contributed by atoms with Gasteiger partial charge < -0.3 is 20.4 Å². The normalized spacial score (nSPS) is 16.3. The summed E-state index contributed by atoms with van der Waals surface area (Å²) < 4.78 is 13.4. The first-order chi connectivity index (χ1) is 15.4. The fraction of sp³-hybridized carbons (Fsp3) is 0.292. The summed E-state index contributed by atoms with van der Waals surface area (Å²) in [6.45, 7) is 5.89. The fourth-order valence-corrected chi connectivity index (χ4v) is 4.32. The van der Waals surface area contributed by atoms with Gasteiger partial charge in [0.15, 0.2) is 5.11 Å². The molecule has 1 fully saturated rings. The van der Waals surface area contributed by atoms with Gasteiger partial charge in [-0.1, -0.05) is 26.0 Å². The molecule has 0 saturated carbocycles. The van der Waals surface area contributed by atoms with E-state index >= 15 is 0 Å². The highest BCUT2D eigenvalue weighted by Gasteiger charge is 2.33. The Morgan fingerprint density at radius 2 is 1.94 bits per heavy atom. The molecule has 4 rings (SSSR count). The van der Waals surface area contributed by atoms with Crippen LogP contribution < -0.4 is 10.6 Å². The number of amides is 2. The molecule has 1 aliphatic heterocycles. The van der Waals surface area contributed by atoms with Crippen molar-refractivity contribution in [3.63, 3.8) is 0 Å². The van der Waals surface area contributed by atoms with E-state index in [1.54, 1.807) is 23.2 Å². The van der Waals surface area contributed by atoms with Gasteiger partial charge in [-0.05, 0) is 60.6 Å². The molecule has 2 aromatic carbocycles. The van der Waals surface area contributed by atoms with Crippen LogP contribution in [0.25, 0.3) is 10.9 Å². The topological polar surface area (TPSA) is 60.5 Å². The van der Waals surface area contributed by atoms with E-state index in [0.29, 0.717) is 30.4 Å². The van der Waals surface area contributed by atoms with E-state index in [9.17, 15) is 9.18 Å². The van der Waals surface area contributed by atoms with Crippen molar-refractivity contribution in [2.75, 3.05) is 30.3 Å². The maximum atomic E-state index is 13.4. The summed E-state index contributed by atoms with van der Waals surface area (Å²) in [6.07, 6.45) is 1.77. The number of anilines is 2. The Kier molecular flexibility index (Phi) is 6.50. The Hall–Kier alpha value is -3.26. The van der Waals surface area contributed by atoms with Crippen LogP contribution in [-0.4, -0.2) is 51.6 Å². The first kappa shape index (κ1) is 22.0. The van der Waals surface area contributed by atoms with Gasteiger partial charge >= 0.3 is 6.03 Å². The molecule has 0 aliphatic carbocycles. The first-order valence-corrected chi connectivity index (χ1v) is 11.1. The van der Waals surface area contributed by atoms with E-state index in [-0.39, 0.29) is 23.8 Å². The number of piperazine rings is 1. The quantitative estimate of drug-likeness (QED) is 0.552. The lowest BCUT2D eigenvalue weighted by molar-refractivity contribution is 0.122. The second-order valence-electron chi connectivity index (χ2n) is 8.20. The van der Waals surface area contributed by atoms with Gasteiger partial charge in [-0.3, -0.25) is 4.98 Å². The summed E-state index contributed by atoms with van der Waals surface area (Å²) in [4.78, 5) is 21.1. The number of aromatic nitrogens is 1. The van der Waals surface area contributed by atoms with Crippen LogP contribution in [0.5, 0.6) is 0 Å². The molecule has 1 saturated heterocycles. The monoisotopic (exact) mass is 451 g/mol. The van der Waals surface area contributed by atoms with Gasteiger partial charge in [0.25, 0.3) is 0 Å². The molecular weight excluding hydrogens is 425 g/mol. The van der Waals surface area contributed by atoms with Crippen LogP contribution in [0.2, 0.25) is 0 Å². The van der Waals surface area contributed by atoms with Gasteiger partial charge in [0.05, 0.1) is 11.6 Å². The van der Waals surface area contributed by atoms with E-state index in [1.807, 2.05) is 30.3 Å². The molecule has 2 heterocycles. The Balaban J connectivity index is 1.46. The maximum absolute atomic E-state index is 13.4. The second kappa shape index (κ2) is 9.48. The standard InChI is InChI=1S/C24H26FN5OS/c1-16(2)22-15-29(23(31)27-18-7-3-6-17(25)14-18)12-13-30(22)24(32)28-21-10-4-9-20-19(21)8-5-11-26-20/h3-11,14,16,22H,12-13,15H2,1-2H3,(H,27,31)(H,28,32). The van der Waals surface area contributed by atoms with Crippen molar-refractivity contribution in [3.05, 3.63) is 66.6 Å². The number of hydrogen-bond acceptors (Lipinski definition) is 3. The summed E-state index contributed by atoms with van der Waals surface area (Å²) in [5.74, 6) is -0.110. The molecule has 8 heteroatoms. The number of carbonyl (C=O) groups excluding carboxylic acids is 1. The molecule has 166 valence electrons. The summed E-state index contributed by atoms with van der Waals surface area (Å²) in [5, 5.41) is 7.81. The Morgan fingerprint density at radius 1 is 1.12 bits per heavy atom. The number of pyridine rings is 1. The SMILES string of the molecule is CC(C)C1CN(C(=O)Nc2cccc(F)c2)CCN1C(=S)Nc1cccc2ncccc12. The number of nitrogens with one attached hydrogen (secondary N) is 2. The molecule has 0 spiro atoms. The van der Waals surface area contributed by atoms with Gasteiger partial charge in [0.2, 0.25) is 0 Å². The van der Waals surface area contributed by atoms with E-state index in [2.05, 4.69) is 34.4 Å². The molecule has 1 unspecified atom stereocenters. The second-order valence-corrected chi connectivity index (χ2v) is 8.58. The zero-order valence-corrected chi connectivity index (χ0v) is 18.9. The van der Waals surface area contributed by atoms with Crippen molar-refractivity contribution >= 4 is 45.6 Å². The minimum absolute atomic E-state index is 0.0510. The molecule has 1 atom stereocenters. The third-order valence-electron chi connectivity index (χ3n) is 5.70. The zero-order chi connectivity index (χ0) is 22.7. The molecular formula is C24H26FN5OS. The molecule has 2 N–H and O–H groups in total. The average molecular weight is 452 g/mol. The van der Waals surface area contributed by atoms with Crippen molar-refractivity contribution in [2.45, 2.75) is 19.9 Å². The van der Waals surface area contributed by atoms with Crippen molar-refractivity contribution in [1.82, 2.24) is 14.8 Å². The van der Waals surface area contributed by atoms with Gasteiger partial charge in [0, 0.05) is 42.6 Å². The van der Waals surface area contributed by atoms with Crippen LogP contribution >= 0.6 is 12.2 Å². The van der Waals surface area contributed by atoms with Crippen LogP contribution in [0.4, 0.5) is 20.6 Å². The van der Waals surface area contributed by atoms with Gasteiger partial charge in [-0.2, -0.15) is 0 Å². The van der Waals surface area contributed by atoms with Crippen LogP contribution in [0.15, 0.2) is 60.8 Å². The number of rotatable bonds is 3. The van der Waals surface area contributed by atoms with Crippen LogP contribution in [0.3, 0.4) is 0 Å². The van der Waals surface area contributed by atoms with E-state index in [1.165, 1.54) is 12.1 Å². The number of urea groups is 1. The highest BCUT2D eigenvalue weighted by atomic mass is 32.1. The van der Waals surface area contributed by atoms with Gasteiger partial charge in [-0.25, -0.2) is 9.18 Å². The van der Waals surface area contributed by atoms with Crippen LogP contribution in [-0.2, 0) is 0 Å². The lowest BCUT2D eigenvalue weighted by atomic mass is 10.00. The number of nitrogens with zero attached hydrogens (tertiary/aromatic N) is 3. The number of carbonyl (C=O) groups is 1. The number of fused-ring (bicyclic) bond motifs is 1. The highest BCUT2D eigenvalue weighted by Crippen LogP contribution is 2.24. The largest absolute Gasteiger partial charge is 0.342 e. The van der Waals surface area contributed by atoms with Crippen LogP contribution in [0, 0.1) is 11.7 Å². The first-order valence-electron chi connectivity index (χ1n) is 10.7. The number of thiocarbonyl (C=S) groups is 1. The van der Waals surface area contributed by atoms with Gasteiger partial charge in [0.1, 0.15) is 5.82 Å². The number of hydrogen-bond donors (Lipinski definition) is 2. The van der Waals surface area contributed by atoms with Crippen LogP contribution in [0.1, 0.15) is 13.8 Å². The molecule has 1 aromatic heterocycles. The molecule has 0 radical (unpaired) electrons. The lowest BCUT2D eigenvalue weighted by Crippen LogP contribution is -2.59. The third kappa shape index (κ3) is 4.80. The van der Waals surface area contributed by atoms with E-state index in [0.717, 1.165) is 16.6 Å². The zero-order valence-electron chi connectivity index (χ0n) is 18.1. The van der Waals surface area contributed by atoms with E-state index in [4.69, 9.17) is 12.2 Å². The minimum Gasteiger partial charge on any atom is -0.342 e. The van der Waals surface area contributed by atoms with Crippen molar-refractivity contribution in [2.24, 2.45) is 5.92 Å². The Morgan fingerprint density at radius 3 is 2.72 bits per heavy atom. The Labute approximate surface area is 192 Å². The number of halogens is 1. The van der Waals surface area contributed by atoms with Gasteiger partial charge in [-0.15, -0.1) is 0 Å². The Bertz CT molecular complexity index is 1130. The highest BCUT2D eigenvalue weighted by molar-refractivity contribution is 7.80. The molecule has 6 nitrogen and oxygen atoms in total. The summed E-state index contributed by atoms with van der Waals surface area (Å²) in [6, 6.07) is 15.6. The molecule has 2 amide bonds. The minimum atomic E-state index is -0.382. The fourth-order valence-electron chi connectivity index (χ4n) is 3.99. The van der Waals surface area contributed by atoms with Crippen molar-refractivity contribution in [1.29, 1.82) is 0 Å². The molecule has 0 bridgehead atoms. The summed E-state index contributed by atoms with van der Waals surface area (Å²) in [5.41, 5.74) is 2.26. The molecule has 1 aliphatic rings. The summed E-state index contributed by atoms with van der Waals surface area (Å²) >= 11 is 5.77. The van der Waals surface area contributed by atoms with Crippen molar-refractivity contribution in [3.8, 4) is 0 Å².